The van der Waals surface area contributed by atoms with Crippen molar-refractivity contribution < 1.29 is 18.7 Å². The SMILES string of the molecule is Cc1cc(C)n(CCC(=O)OC(C)C(=O)N(C)Cc2cccc(F)c2)n1. The molecule has 0 saturated carbocycles. The highest BCUT2D eigenvalue weighted by atomic mass is 19.1. The minimum absolute atomic E-state index is 0.132. The number of ether oxygens (including phenoxy) is 1. The summed E-state index contributed by atoms with van der Waals surface area (Å²) in [7, 11) is 1.59. The van der Waals surface area contributed by atoms with Gasteiger partial charge in [-0.3, -0.25) is 14.3 Å². The van der Waals surface area contributed by atoms with Crippen molar-refractivity contribution >= 4 is 11.9 Å². The highest BCUT2D eigenvalue weighted by molar-refractivity contribution is 5.83. The summed E-state index contributed by atoms with van der Waals surface area (Å²) in [6.45, 7) is 5.98. The van der Waals surface area contributed by atoms with Gasteiger partial charge in [-0.05, 0) is 44.5 Å². The molecule has 2 aromatic rings. The third-order valence-corrected chi connectivity index (χ3v) is 3.97. The number of hydrogen-bond donors (Lipinski definition) is 0. The van der Waals surface area contributed by atoms with Crippen LogP contribution in [-0.4, -0.2) is 39.7 Å². The van der Waals surface area contributed by atoms with Gasteiger partial charge in [-0.2, -0.15) is 5.10 Å². The van der Waals surface area contributed by atoms with E-state index in [9.17, 15) is 14.0 Å². The second kappa shape index (κ2) is 8.60. The Kier molecular flexibility index (Phi) is 6.49. The lowest BCUT2D eigenvalue weighted by Gasteiger charge is -2.21. The first-order chi connectivity index (χ1) is 12.3. The molecule has 1 unspecified atom stereocenters. The van der Waals surface area contributed by atoms with Crippen LogP contribution in [0.1, 0.15) is 30.3 Å². The van der Waals surface area contributed by atoms with E-state index in [1.54, 1.807) is 23.9 Å². The summed E-state index contributed by atoms with van der Waals surface area (Å²) in [5, 5.41) is 4.28. The molecular weight excluding hydrogens is 337 g/mol. The minimum Gasteiger partial charge on any atom is -0.452 e. The van der Waals surface area contributed by atoms with Gasteiger partial charge in [0.1, 0.15) is 5.82 Å². The van der Waals surface area contributed by atoms with Crippen LogP contribution in [0.4, 0.5) is 4.39 Å². The van der Waals surface area contributed by atoms with Crippen molar-refractivity contribution in [3.05, 3.63) is 53.1 Å². The van der Waals surface area contributed by atoms with E-state index in [1.807, 2.05) is 19.9 Å². The van der Waals surface area contributed by atoms with Crippen molar-refractivity contribution in [2.75, 3.05) is 7.05 Å². The topological polar surface area (TPSA) is 64.4 Å². The Labute approximate surface area is 152 Å². The first kappa shape index (κ1) is 19.6. The van der Waals surface area contributed by atoms with Crippen LogP contribution >= 0.6 is 0 Å². The Morgan fingerprint density at radius 3 is 2.65 bits per heavy atom. The average molecular weight is 361 g/mol. The van der Waals surface area contributed by atoms with Crippen molar-refractivity contribution in [2.24, 2.45) is 0 Å². The summed E-state index contributed by atoms with van der Waals surface area (Å²) in [6.07, 6.45) is -0.769. The van der Waals surface area contributed by atoms with Crippen molar-refractivity contribution in [2.45, 2.75) is 46.4 Å². The number of halogens is 1. The molecule has 1 heterocycles. The van der Waals surface area contributed by atoms with E-state index in [2.05, 4.69) is 5.10 Å². The number of aryl methyl sites for hydroxylation is 3. The first-order valence-corrected chi connectivity index (χ1v) is 8.46. The van der Waals surface area contributed by atoms with Gasteiger partial charge in [0.25, 0.3) is 5.91 Å². The number of carbonyl (C=O) groups excluding carboxylic acids is 2. The fourth-order valence-corrected chi connectivity index (χ4v) is 2.70. The number of rotatable bonds is 7. The number of nitrogens with zero attached hydrogens (tertiary/aromatic N) is 3. The molecule has 0 aliphatic carbocycles. The van der Waals surface area contributed by atoms with Crippen LogP contribution in [-0.2, 0) is 27.4 Å². The molecule has 0 spiro atoms. The summed E-state index contributed by atoms with van der Waals surface area (Å²) >= 11 is 0. The highest BCUT2D eigenvalue weighted by Gasteiger charge is 2.21. The average Bonchev–Trinajstić information content (AvgIpc) is 2.89. The van der Waals surface area contributed by atoms with Crippen LogP contribution in [0.25, 0.3) is 0 Å². The zero-order chi connectivity index (χ0) is 19.3. The molecule has 0 aliphatic rings. The predicted octanol–water partition coefficient (Wildman–Crippen LogP) is 2.62. The van der Waals surface area contributed by atoms with Gasteiger partial charge in [0.05, 0.1) is 18.7 Å². The van der Waals surface area contributed by atoms with Crippen molar-refractivity contribution in [3.8, 4) is 0 Å². The third kappa shape index (κ3) is 5.40. The maximum atomic E-state index is 13.2. The molecule has 0 saturated heterocycles. The van der Waals surface area contributed by atoms with E-state index >= 15 is 0 Å². The van der Waals surface area contributed by atoms with Gasteiger partial charge in [0, 0.05) is 19.3 Å². The van der Waals surface area contributed by atoms with Crippen LogP contribution in [0.2, 0.25) is 0 Å². The Morgan fingerprint density at radius 2 is 2.04 bits per heavy atom. The Hall–Kier alpha value is -2.70. The van der Waals surface area contributed by atoms with E-state index in [0.717, 1.165) is 11.4 Å². The fraction of sp³-hybridized carbons (Fsp3) is 0.421. The van der Waals surface area contributed by atoms with Gasteiger partial charge in [0.2, 0.25) is 0 Å². The standard InChI is InChI=1S/C19H24FN3O3/c1-13-10-14(2)23(21-13)9-8-18(24)26-15(3)19(25)22(4)12-16-6-5-7-17(20)11-16/h5-7,10-11,15H,8-9,12H2,1-4H3. The Morgan fingerprint density at radius 1 is 1.31 bits per heavy atom. The van der Waals surface area contributed by atoms with E-state index in [1.165, 1.54) is 24.0 Å². The monoisotopic (exact) mass is 361 g/mol. The quantitative estimate of drug-likeness (QED) is 0.711. The lowest BCUT2D eigenvalue weighted by molar-refractivity contribution is -0.159. The van der Waals surface area contributed by atoms with Gasteiger partial charge in [-0.25, -0.2) is 4.39 Å². The van der Waals surface area contributed by atoms with Gasteiger partial charge in [0.15, 0.2) is 6.10 Å². The number of hydrogen-bond acceptors (Lipinski definition) is 4. The number of amides is 1. The largest absolute Gasteiger partial charge is 0.452 e. The predicted molar refractivity (Wildman–Crippen MR) is 94.7 cm³/mol. The lowest BCUT2D eigenvalue weighted by atomic mass is 10.2. The minimum atomic E-state index is -0.901. The Balaban J connectivity index is 1.83. The number of likely N-dealkylation sites (N-methyl/N-ethyl adjacent to an activating group) is 1. The first-order valence-electron chi connectivity index (χ1n) is 8.46. The maximum Gasteiger partial charge on any atom is 0.308 e. The molecular formula is C19H24FN3O3. The zero-order valence-corrected chi connectivity index (χ0v) is 15.5. The molecule has 1 amide bonds. The highest BCUT2D eigenvalue weighted by Crippen LogP contribution is 2.09. The van der Waals surface area contributed by atoms with Crippen LogP contribution in [0.15, 0.2) is 30.3 Å². The molecule has 0 bridgehead atoms. The van der Waals surface area contributed by atoms with Crippen LogP contribution in [0.5, 0.6) is 0 Å². The fourth-order valence-electron chi connectivity index (χ4n) is 2.70. The molecule has 0 radical (unpaired) electrons. The van der Waals surface area contributed by atoms with Crippen molar-refractivity contribution in [1.29, 1.82) is 0 Å². The molecule has 1 aromatic carbocycles. The smallest absolute Gasteiger partial charge is 0.308 e. The van der Waals surface area contributed by atoms with Crippen molar-refractivity contribution in [1.82, 2.24) is 14.7 Å². The second-order valence-corrected chi connectivity index (χ2v) is 6.36. The molecule has 1 atom stereocenters. The normalized spacial score (nSPS) is 11.9. The molecule has 140 valence electrons. The van der Waals surface area contributed by atoms with E-state index in [-0.39, 0.29) is 24.7 Å². The molecule has 0 fully saturated rings. The van der Waals surface area contributed by atoms with Crippen molar-refractivity contribution in [3.63, 3.8) is 0 Å². The number of benzene rings is 1. The van der Waals surface area contributed by atoms with E-state index < -0.39 is 12.1 Å². The molecule has 0 aliphatic heterocycles. The van der Waals surface area contributed by atoms with Crippen LogP contribution in [0, 0.1) is 19.7 Å². The summed E-state index contributed by atoms with van der Waals surface area (Å²) in [4.78, 5) is 25.7. The van der Waals surface area contributed by atoms with Gasteiger partial charge >= 0.3 is 5.97 Å². The molecule has 2 rings (SSSR count). The summed E-state index contributed by atoms with van der Waals surface area (Å²) in [6, 6.07) is 7.97. The van der Waals surface area contributed by atoms with Gasteiger partial charge < -0.3 is 9.64 Å². The summed E-state index contributed by atoms with van der Waals surface area (Å²) in [5.41, 5.74) is 2.52. The molecule has 26 heavy (non-hydrogen) atoms. The van der Waals surface area contributed by atoms with Gasteiger partial charge in [-0.15, -0.1) is 0 Å². The molecule has 7 heteroatoms. The number of aromatic nitrogens is 2. The number of esters is 1. The van der Waals surface area contributed by atoms with Crippen LogP contribution in [0.3, 0.4) is 0 Å². The molecule has 0 N–H and O–H groups in total. The van der Waals surface area contributed by atoms with E-state index in [4.69, 9.17) is 4.74 Å². The summed E-state index contributed by atoms with van der Waals surface area (Å²) < 4.78 is 20.2. The number of carbonyl (C=O) groups is 2. The Bertz CT molecular complexity index is 788. The second-order valence-electron chi connectivity index (χ2n) is 6.36. The third-order valence-electron chi connectivity index (χ3n) is 3.97. The zero-order valence-electron chi connectivity index (χ0n) is 15.5. The van der Waals surface area contributed by atoms with Gasteiger partial charge in [-0.1, -0.05) is 12.1 Å². The lowest BCUT2D eigenvalue weighted by Crippen LogP contribution is -2.37. The molecule has 1 aromatic heterocycles. The van der Waals surface area contributed by atoms with E-state index in [0.29, 0.717) is 12.1 Å². The van der Waals surface area contributed by atoms with Crippen LogP contribution < -0.4 is 0 Å². The maximum absolute atomic E-state index is 13.2. The molecule has 6 nitrogen and oxygen atoms in total. The summed E-state index contributed by atoms with van der Waals surface area (Å²) in [5.74, 6) is -1.15.